The zero-order valence-corrected chi connectivity index (χ0v) is 21.0. The summed E-state index contributed by atoms with van der Waals surface area (Å²) in [6.45, 7) is 11.9. The number of nitrogens with zero attached hydrogens (tertiary/aromatic N) is 1. The third-order valence-electron chi connectivity index (χ3n) is 5.57. The molecule has 3 rings (SSSR count). The molecule has 1 heterocycles. The number of amides is 1. The number of aromatic nitrogens is 1. The summed E-state index contributed by atoms with van der Waals surface area (Å²) in [6, 6.07) is 8.98. The molecule has 0 bridgehead atoms. The van der Waals surface area contributed by atoms with Crippen molar-refractivity contribution in [3.8, 4) is 16.9 Å². The van der Waals surface area contributed by atoms with Gasteiger partial charge in [-0.25, -0.2) is 13.6 Å². The summed E-state index contributed by atoms with van der Waals surface area (Å²) in [6.07, 6.45) is 1.19. The number of alkyl carbamates (subject to hydrolysis) is 1. The van der Waals surface area contributed by atoms with Crippen molar-refractivity contribution in [1.29, 1.82) is 0 Å². The van der Waals surface area contributed by atoms with Crippen LogP contribution in [-0.4, -0.2) is 28.8 Å². The van der Waals surface area contributed by atoms with Crippen molar-refractivity contribution in [2.45, 2.75) is 84.3 Å². The van der Waals surface area contributed by atoms with Crippen LogP contribution in [0.2, 0.25) is 0 Å². The van der Waals surface area contributed by atoms with Crippen molar-refractivity contribution in [3.05, 3.63) is 47.8 Å². The van der Waals surface area contributed by atoms with Crippen LogP contribution in [0.15, 0.2) is 36.5 Å². The minimum absolute atomic E-state index is 0.233. The molecule has 1 N–H and O–H groups in total. The van der Waals surface area contributed by atoms with Crippen molar-refractivity contribution >= 4 is 6.09 Å². The van der Waals surface area contributed by atoms with Gasteiger partial charge in [0.2, 0.25) is 0 Å². The van der Waals surface area contributed by atoms with Gasteiger partial charge in [-0.1, -0.05) is 19.9 Å². The number of carbonyl (C=O) groups is 1. The standard InChI is InChI=1S/C27H36F2N2O3/c1-17(2)15-27(6,31-25(32)34-26(3,4)5)16-33-23-10-9-19(13-21(23)18-7-8-18)20-11-12-30-22(14-20)24(28)29/h9-14,17-18,24H,7-8,15-16H2,1-6H3,(H,31,32)/t27-/m0/s1. The van der Waals surface area contributed by atoms with Crippen molar-refractivity contribution in [2.24, 2.45) is 5.92 Å². The molecule has 7 heteroatoms. The first-order valence-corrected chi connectivity index (χ1v) is 11.9. The second kappa shape index (κ2) is 10.3. The van der Waals surface area contributed by atoms with E-state index in [4.69, 9.17) is 9.47 Å². The molecule has 1 aromatic heterocycles. The van der Waals surface area contributed by atoms with Crippen LogP contribution in [0.25, 0.3) is 11.1 Å². The Morgan fingerprint density at radius 2 is 1.79 bits per heavy atom. The Balaban J connectivity index is 1.80. The van der Waals surface area contributed by atoms with Gasteiger partial charge in [-0.15, -0.1) is 0 Å². The molecule has 1 fully saturated rings. The van der Waals surface area contributed by atoms with Crippen LogP contribution in [0, 0.1) is 5.92 Å². The first kappa shape index (κ1) is 25.9. The van der Waals surface area contributed by atoms with Gasteiger partial charge in [0.15, 0.2) is 0 Å². The number of halogens is 2. The molecule has 1 aliphatic rings. The molecule has 0 saturated heterocycles. The Kier molecular flexibility index (Phi) is 7.84. The maximum absolute atomic E-state index is 13.1. The van der Waals surface area contributed by atoms with Crippen molar-refractivity contribution in [3.63, 3.8) is 0 Å². The Hall–Kier alpha value is -2.70. The second-order valence-electron chi connectivity index (χ2n) is 10.9. The molecular weight excluding hydrogens is 438 g/mol. The lowest BCUT2D eigenvalue weighted by Gasteiger charge is -2.33. The SMILES string of the molecule is CC(C)C[C@@](C)(COc1ccc(-c2ccnc(C(F)F)c2)cc1C1CC1)NC(=O)OC(C)(C)C. The van der Waals surface area contributed by atoms with E-state index in [9.17, 15) is 13.6 Å². The fraction of sp³-hybridized carbons (Fsp3) is 0.556. The molecule has 0 radical (unpaired) electrons. The van der Waals surface area contributed by atoms with Gasteiger partial charge in [-0.05, 0) is 99.7 Å². The van der Waals surface area contributed by atoms with Crippen LogP contribution in [0.5, 0.6) is 5.75 Å². The number of ether oxygens (including phenoxy) is 2. The Labute approximate surface area is 201 Å². The molecule has 1 saturated carbocycles. The first-order chi connectivity index (χ1) is 15.8. The Bertz CT molecular complexity index is 1000. The van der Waals surface area contributed by atoms with E-state index in [1.54, 1.807) is 6.07 Å². The van der Waals surface area contributed by atoms with E-state index < -0.39 is 23.7 Å². The maximum Gasteiger partial charge on any atom is 0.408 e. The van der Waals surface area contributed by atoms with E-state index in [-0.39, 0.29) is 12.3 Å². The minimum Gasteiger partial charge on any atom is -0.491 e. The summed E-state index contributed by atoms with van der Waals surface area (Å²) >= 11 is 0. The van der Waals surface area contributed by atoms with Gasteiger partial charge in [0.1, 0.15) is 23.7 Å². The predicted molar refractivity (Wildman–Crippen MR) is 129 cm³/mol. The normalized spacial score (nSPS) is 15.8. The number of pyridine rings is 1. The zero-order chi connectivity index (χ0) is 25.1. The summed E-state index contributed by atoms with van der Waals surface area (Å²) in [4.78, 5) is 16.2. The molecule has 2 aromatic rings. The predicted octanol–water partition coefficient (Wildman–Crippen LogP) is 7.27. The number of benzene rings is 1. The molecule has 1 atom stereocenters. The lowest BCUT2D eigenvalue weighted by atomic mass is 9.91. The lowest BCUT2D eigenvalue weighted by molar-refractivity contribution is 0.0407. The van der Waals surface area contributed by atoms with Gasteiger partial charge >= 0.3 is 6.09 Å². The number of nitrogens with one attached hydrogen (secondary N) is 1. The van der Waals surface area contributed by atoms with Gasteiger partial charge in [-0.3, -0.25) is 4.98 Å². The third-order valence-corrected chi connectivity index (χ3v) is 5.57. The average Bonchev–Trinajstić information content (AvgIpc) is 3.55. The average molecular weight is 475 g/mol. The summed E-state index contributed by atoms with van der Waals surface area (Å²) in [5, 5.41) is 3.01. The van der Waals surface area contributed by atoms with Gasteiger partial charge in [-0.2, -0.15) is 0 Å². The summed E-state index contributed by atoms with van der Waals surface area (Å²) in [7, 11) is 0. The molecule has 5 nitrogen and oxygen atoms in total. The van der Waals surface area contributed by atoms with Crippen molar-refractivity contribution in [2.75, 3.05) is 6.61 Å². The van der Waals surface area contributed by atoms with E-state index >= 15 is 0 Å². The molecule has 1 aromatic carbocycles. The summed E-state index contributed by atoms with van der Waals surface area (Å²) < 4.78 is 38.0. The minimum atomic E-state index is -2.61. The van der Waals surface area contributed by atoms with Crippen LogP contribution in [0.4, 0.5) is 13.6 Å². The van der Waals surface area contributed by atoms with Crippen LogP contribution < -0.4 is 10.1 Å². The van der Waals surface area contributed by atoms with Crippen LogP contribution >= 0.6 is 0 Å². The lowest BCUT2D eigenvalue weighted by Crippen LogP contribution is -2.52. The molecule has 0 spiro atoms. The van der Waals surface area contributed by atoms with Gasteiger partial charge in [0.25, 0.3) is 6.43 Å². The third kappa shape index (κ3) is 7.40. The van der Waals surface area contributed by atoms with E-state index in [1.165, 1.54) is 12.3 Å². The zero-order valence-electron chi connectivity index (χ0n) is 21.0. The molecule has 0 unspecified atom stereocenters. The Morgan fingerprint density at radius 1 is 1.12 bits per heavy atom. The summed E-state index contributed by atoms with van der Waals surface area (Å²) in [5.41, 5.74) is 1.19. The molecule has 34 heavy (non-hydrogen) atoms. The number of hydrogen-bond acceptors (Lipinski definition) is 4. The molecule has 0 aliphatic heterocycles. The monoisotopic (exact) mass is 474 g/mol. The number of hydrogen-bond donors (Lipinski definition) is 1. The van der Waals surface area contributed by atoms with Crippen LogP contribution in [0.1, 0.15) is 84.4 Å². The van der Waals surface area contributed by atoms with Crippen LogP contribution in [0.3, 0.4) is 0 Å². The maximum atomic E-state index is 13.1. The van der Waals surface area contributed by atoms with Gasteiger partial charge in [0.05, 0.1) is 5.54 Å². The highest BCUT2D eigenvalue weighted by molar-refractivity contribution is 5.69. The van der Waals surface area contributed by atoms with E-state index in [0.717, 1.165) is 36.1 Å². The van der Waals surface area contributed by atoms with Gasteiger partial charge in [0, 0.05) is 6.20 Å². The fourth-order valence-corrected chi connectivity index (χ4v) is 4.15. The van der Waals surface area contributed by atoms with Crippen LogP contribution in [-0.2, 0) is 4.74 Å². The topological polar surface area (TPSA) is 60.5 Å². The largest absolute Gasteiger partial charge is 0.491 e. The number of alkyl halides is 2. The Morgan fingerprint density at radius 3 is 2.38 bits per heavy atom. The summed E-state index contributed by atoms with van der Waals surface area (Å²) in [5.74, 6) is 1.49. The fourth-order valence-electron chi connectivity index (χ4n) is 4.15. The highest BCUT2D eigenvalue weighted by Gasteiger charge is 2.32. The molecule has 1 aliphatic carbocycles. The molecule has 1 amide bonds. The first-order valence-electron chi connectivity index (χ1n) is 11.9. The highest BCUT2D eigenvalue weighted by Crippen LogP contribution is 2.46. The number of carbonyl (C=O) groups excluding carboxylic acids is 1. The van der Waals surface area contributed by atoms with E-state index in [2.05, 4.69) is 24.1 Å². The van der Waals surface area contributed by atoms with E-state index in [1.807, 2.05) is 45.9 Å². The highest BCUT2D eigenvalue weighted by atomic mass is 19.3. The molecule has 186 valence electrons. The van der Waals surface area contributed by atoms with Gasteiger partial charge < -0.3 is 14.8 Å². The molecular formula is C27H36F2N2O3. The second-order valence-corrected chi connectivity index (χ2v) is 10.9. The quantitative estimate of drug-likeness (QED) is 0.415. The van der Waals surface area contributed by atoms with E-state index in [0.29, 0.717) is 17.4 Å². The smallest absolute Gasteiger partial charge is 0.408 e. The number of rotatable bonds is 9. The van der Waals surface area contributed by atoms with Crippen molar-refractivity contribution in [1.82, 2.24) is 10.3 Å². The van der Waals surface area contributed by atoms with Crippen molar-refractivity contribution < 1.29 is 23.0 Å².